The topological polar surface area (TPSA) is 70.5 Å². The Morgan fingerprint density at radius 2 is 2.07 bits per heavy atom. The van der Waals surface area contributed by atoms with Gasteiger partial charge in [-0.1, -0.05) is 12.1 Å². The Morgan fingerprint density at radius 3 is 2.83 bits per heavy atom. The van der Waals surface area contributed by atoms with Crippen LogP contribution in [0.5, 0.6) is 0 Å². The summed E-state index contributed by atoms with van der Waals surface area (Å²) in [7, 11) is 0. The molecule has 1 aliphatic carbocycles. The maximum atomic E-state index is 13.6. The minimum Gasteiger partial charge on any atom is -0.393 e. The lowest BCUT2D eigenvalue weighted by Gasteiger charge is -2.39. The third-order valence-corrected chi connectivity index (χ3v) is 6.19. The van der Waals surface area contributed by atoms with Crippen LogP contribution < -0.4 is 4.90 Å². The first kappa shape index (κ1) is 19.7. The Kier molecular flexibility index (Phi) is 5.21. The van der Waals surface area contributed by atoms with Crippen LogP contribution in [0.4, 0.5) is 10.1 Å². The Hall–Kier alpha value is -2.60. The molecule has 2 fully saturated rings. The van der Waals surface area contributed by atoms with E-state index in [9.17, 15) is 19.1 Å². The summed E-state index contributed by atoms with van der Waals surface area (Å²) < 4.78 is 13.6. The van der Waals surface area contributed by atoms with E-state index in [-0.39, 0.29) is 29.8 Å². The summed E-state index contributed by atoms with van der Waals surface area (Å²) in [5.74, 6) is -0.595. The van der Waals surface area contributed by atoms with Gasteiger partial charge < -0.3 is 10.0 Å². The van der Waals surface area contributed by atoms with Crippen LogP contribution in [0.15, 0.2) is 42.5 Å². The van der Waals surface area contributed by atoms with Gasteiger partial charge in [-0.15, -0.1) is 0 Å². The lowest BCUT2D eigenvalue weighted by atomic mass is 9.66. The van der Waals surface area contributed by atoms with E-state index in [2.05, 4.69) is 4.98 Å². The van der Waals surface area contributed by atoms with Crippen LogP contribution in [0.2, 0.25) is 0 Å². The maximum Gasteiger partial charge on any atom is 0.233 e. The van der Waals surface area contributed by atoms with Gasteiger partial charge in [0.1, 0.15) is 11.5 Å². The molecule has 1 aromatic carbocycles. The van der Waals surface area contributed by atoms with Gasteiger partial charge in [0.05, 0.1) is 11.5 Å². The Morgan fingerprint density at radius 1 is 1.28 bits per heavy atom. The molecular weight excluding hydrogens is 371 g/mol. The van der Waals surface area contributed by atoms with Crippen molar-refractivity contribution in [3.05, 3.63) is 59.7 Å². The van der Waals surface area contributed by atoms with Crippen molar-refractivity contribution in [3.8, 4) is 0 Å². The molecule has 2 aromatic rings. The van der Waals surface area contributed by atoms with Crippen molar-refractivity contribution in [2.75, 3.05) is 11.4 Å². The van der Waals surface area contributed by atoms with Crippen LogP contribution in [0, 0.1) is 24.1 Å². The van der Waals surface area contributed by atoms with Crippen LogP contribution in [0.25, 0.3) is 0 Å². The number of aliphatic hydroxyl groups excluding tert-OH is 1. The van der Waals surface area contributed by atoms with E-state index in [0.717, 1.165) is 5.69 Å². The number of hydrogen-bond acceptors (Lipinski definition) is 4. The molecule has 1 aromatic heterocycles. The quantitative estimate of drug-likeness (QED) is 0.801. The smallest absolute Gasteiger partial charge is 0.233 e. The van der Waals surface area contributed by atoms with Crippen LogP contribution in [0.3, 0.4) is 0 Å². The minimum absolute atomic E-state index is 0.0598. The Bertz CT molecular complexity index is 947. The SMILES string of the molecule is Cc1cccc(C(=O)C[C@@H]2C[C@@H](O)C[C@@]3(CCN(c4cccc(F)c4)C3=O)C2)n1. The molecule has 0 bridgehead atoms. The lowest BCUT2D eigenvalue weighted by Crippen LogP contribution is -2.43. The zero-order chi connectivity index (χ0) is 20.6. The van der Waals surface area contributed by atoms with Crippen molar-refractivity contribution in [2.45, 2.75) is 45.1 Å². The molecule has 1 saturated carbocycles. The molecule has 3 atom stereocenters. The fraction of sp³-hybridized carbons (Fsp3) is 0.435. The fourth-order valence-electron chi connectivity index (χ4n) is 4.95. The monoisotopic (exact) mass is 396 g/mol. The van der Waals surface area contributed by atoms with Crippen molar-refractivity contribution < 1.29 is 19.1 Å². The molecule has 2 heterocycles. The van der Waals surface area contributed by atoms with Crippen molar-refractivity contribution in [1.29, 1.82) is 0 Å². The van der Waals surface area contributed by atoms with Crippen LogP contribution >= 0.6 is 0 Å². The number of halogens is 1. The van der Waals surface area contributed by atoms with Crippen LogP contribution in [-0.2, 0) is 4.79 Å². The van der Waals surface area contributed by atoms with Crippen molar-refractivity contribution >= 4 is 17.4 Å². The number of aromatic nitrogens is 1. The summed E-state index contributed by atoms with van der Waals surface area (Å²) >= 11 is 0. The van der Waals surface area contributed by atoms with Gasteiger partial charge in [0.2, 0.25) is 5.91 Å². The van der Waals surface area contributed by atoms with Crippen molar-refractivity contribution in [3.63, 3.8) is 0 Å². The fourth-order valence-corrected chi connectivity index (χ4v) is 4.95. The van der Waals surface area contributed by atoms with Crippen molar-refractivity contribution in [2.24, 2.45) is 11.3 Å². The number of ketones is 1. The molecule has 6 heteroatoms. The molecule has 0 unspecified atom stereocenters. The standard InChI is InChI=1S/C23H25FN2O3/c1-15-4-2-7-20(25-15)21(28)11-16-10-19(27)14-23(13-16)8-9-26(22(23)29)18-6-3-5-17(24)12-18/h2-7,12,16,19,27H,8-11,13-14H2,1H3/t16-,19+,23+/m0/s1. The number of aryl methyl sites for hydroxylation is 1. The van der Waals surface area contributed by atoms with E-state index in [0.29, 0.717) is 43.6 Å². The predicted octanol–water partition coefficient (Wildman–Crippen LogP) is 3.69. The minimum atomic E-state index is -0.686. The van der Waals surface area contributed by atoms with Gasteiger partial charge in [-0.3, -0.25) is 14.6 Å². The van der Waals surface area contributed by atoms with Crippen LogP contribution in [0.1, 0.15) is 48.3 Å². The molecule has 1 amide bonds. The van der Waals surface area contributed by atoms with E-state index in [1.807, 2.05) is 19.1 Å². The van der Waals surface area contributed by atoms with E-state index in [4.69, 9.17) is 0 Å². The number of aliphatic hydroxyl groups is 1. The molecule has 1 N–H and O–H groups in total. The highest BCUT2D eigenvalue weighted by atomic mass is 19.1. The number of carbonyl (C=O) groups excluding carboxylic acids is 2. The van der Waals surface area contributed by atoms with Crippen molar-refractivity contribution in [1.82, 2.24) is 4.98 Å². The number of hydrogen-bond donors (Lipinski definition) is 1. The van der Waals surface area contributed by atoms with Crippen LogP contribution in [-0.4, -0.2) is 34.4 Å². The van der Waals surface area contributed by atoms with Gasteiger partial charge in [0.15, 0.2) is 5.78 Å². The summed E-state index contributed by atoms with van der Waals surface area (Å²) in [6.07, 6.45) is 1.71. The molecular formula is C23H25FN2O3. The lowest BCUT2D eigenvalue weighted by molar-refractivity contribution is -0.130. The molecule has 2 aliphatic rings. The van der Waals surface area contributed by atoms with Gasteiger partial charge in [-0.25, -0.2) is 4.39 Å². The van der Waals surface area contributed by atoms with Gasteiger partial charge in [0, 0.05) is 24.3 Å². The highest BCUT2D eigenvalue weighted by Crippen LogP contribution is 2.49. The van der Waals surface area contributed by atoms with E-state index >= 15 is 0 Å². The van der Waals surface area contributed by atoms with E-state index < -0.39 is 11.5 Å². The predicted molar refractivity (Wildman–Crippen MR) is 107 cm³/mol. The number of nitrogens with zero attached hydrogens (tertiary/aromatic N) is 2. The molecule has 1 aliphatic heterocycles. The average molecular weight is 396 g/mol. The Labute approximate surface area is 169 Å². The van der Waals surface area contributed by atoms with Gasteiger partial charge >= 0.3 is 0 Å². The van der Waals surface area contributed by atoms with Gasteiger partial charge in [-0.2, -0.15) is 0 Å². The second-order valence-corrected chi connectivity index (χ2v) is 8.42. The van der Waals surface area contributed by atoms with Gasteiger partial charge in [0.25, 0.3) is 0 Å². The molecule has 0 radical (unpaired) electrons. The molecule has 1 spiro atoms. The summed E-state index contributed by atoms with van der Waals surface area (Å²) in [5.41, 5.74) is 1.07. The average Bonchev–Trinajstić information content (AvgIpc) is 2.96. The first-order valence-corrected chi connectivity index (χ1v) is 10.1. The third-order valence-electron chi connectivity index (χ3n) is 6.19. The number of rotatable bonds is 4. The Balaban J connectivity index is 1.51. The molecule has 4 rings (SSSR count). The third kappa shape index (κ3) is 3.94. The zero-order valence-electron chi connectivity index (χ0n) is 16.5. The summed E-state index contributed by atoms with van der Waals surface area (Å²) in [5, 5.41) is 10.5. The number of anilines is 1. The molecule has 152 valence electrons. The highest BCUT2D eigenvalue weighted by molar-refractivity contribution is 6.00. The van der Waals surface area contributed by atoms with E-state index in [1.165, 1.54) is 12.1 Å². The maximum absolute atomic E-state index is 13.6. The first-order valence-electron chi connectivity index (χ1n) is 10.1. The first-order chi connectivity index (χ1) is 13.9. The summed E-state index contributed by atoms with van der Waals surface area (Å²) in [4.78, 5) is 31.9. The second kappa shape index (κ2) is 7.67. The number of amides is 1. The highest BCUT2D eigenvalue weighted by Gasteiger charge is 2.51. The van der Waals surface area contributed by atoms with Gasteiger partial charge in [-0.05, 0) is 68.9 Å². The second-order valence-electron chi connectivity index (χ2n) is 8.42. The number of benzene rings is 1. The summed E-state index contributed by atoms with van der Waals surface area (Å²) in [6, 6.07) is 11.4. The molecule has 1 saturated heterocycles. The van der Waals surface area contributed by atoms with E-state index in [1.54, 1.807) is 23.1 Å². The normalized spacial score (nSPS) is 26.9. The number of carbonyl (C=O) groups is 2. The largest absolute Gasteiger partial charge is 0.393 e. The molecule has 5 nitrogen and oxygen atoms in total. The number of pyridine rings is 1. The zero-order valence-corrected chi connectivity index (χ0v) is 16.5. The summed E-state index contributed by atoms with van der Waals surface area (Å²) in [6.45, 7) is 2.34. The number of Topliss-reactive ketones (excluding diaryl/α,β-unsaturated/α-hetero) is 1. The molecule has 29 heavy (non-hydrogen) atoms.